The molecular weight excluding hydrogens is 453 g/mol. The predicted octanol–water partition coefficient (Wildman–Crippen LogP) is 7.64. The monoisotopic (exact) mass is 486 g/mol. The second kappa shape index (κ2) is 11.9. The van der Waals surface area contributed by atoms with E-state index in [9.17, 15) is 13.2 Å². The first kappa shape index (κ1) is 25.5. The first-order valence-corrected chi connectivity index (χ1v) is 12.3. The number of alkyl halides is 2. The molecule has 0 aromatic heterocycles. The number of hydrogen-bond donors (Lipinski definition) is 0. The van der Waals surface area contributed by atoms with Gasteiger partial charge in [0, 0.05) is 11.5 Å². The molecule has 2 fully saturated rings. The maximum atomic E-state index is 14.5. The van der Waals surface area contributed by atoms with Crippen LogP contribution in [0.3, 0.4) is 0 Å². The first-order chi connectivity index (χ1) is 16.9. The van der Waals surface area contributed by atoms with Gasteiger partial charge in [-0.1, -0.05) is 42.5 Å². The second-order valence-corrected chi connectivity index (χ2v) is 9.48. The number of benzene rings is 2. The van der Waals surface area contributed by atoms with Gasteiger partial charge >= 0.3 is 6.11 Å². The Morgan fingerprint density at radius 3 is 2.20 bits per heavy atom. The van der Waals surface area contributed by atoms with Crippen molar-refractivity contribution in [1.29, 1.82) is 0 Å². The van der Waals surface area contributed by atoms with E-state index in [-0.39, 0.29) is 18.0 Å². The van der Waals surface area contributed by atoms with Crippen LogP contribution in [-0.4, -0.2) is 19.3 Å². The van der Waals surface area contributed by atoms with Crippen LogP contribution in [0.15, 0.2) is 73.3 Å². The quantitative estimate of drug-likeness (QED) is 0.341. The van der Waals surface area contributed by atoms with E-state index in [0.29, 0.717) is 32.0 Å². The van der Waals surface area contributed by atoms with Crippen LogP contribution < -0.4 is 4.74 Å². The molecule has 2 aromatic carbocycles. The highest BCUT2D eigenvalue weighted by molar-refractivity contribution is 5.25. The van der Waals surface area contributed by atoms with Crippen molar-refractivity contribution in [2.75, 3.05) is 13.2 Å². The van der Waals surface area contributed by atoms with E-state index >= 15 is 0 Å². The average molecular weight is 487 g/mol. The standard InChI is InChI=1S/C29H33F3O3/c1-2-21-19-33-28(34-20-21)24-11-7-22(8-12-24)5-3-4-6-23-9-13-25(14-10-23)29(31,32)35-27-17-15-26(30)16-18-27/h2-4,7-8,11-12,15-18,21,23,25,28H,1,5-6,9-10,13-14,19-20H2/b4-3-. The van der Waals surface area contributed by atoms with Gasteiger partial charge in [0.1, 0.15) is 11.6 Å². The van der Waals surface area contributed by atoms with Gasteiger partial charge in [-0.15, -0.1) is 6.58 Å². The molecule has 6 heteroatoms. The van der Waals surface area contributed by atoms with Crippen molar-refractivity contribution in [3.63, 3.8) is 0 Å². The van der Waals surface area contributed by atoms with Crippen molar-refractivity contribution in [3.05, 3.63) is 90.3 Å². The SMILES string of the molecule is C=CC1COC(c2ccc(C/C=C\CC3CCC(C(F)(F)Oc4ccc(F)cc4)CC3)cc2)OC1. The minimum absolute atomic E-state index is 0.00499. The maximum Gasteiger partial charge on any atom is 0.400 e. The Hall–Kier alpha value is -2.57. The van der Waals surface area contributed by atoms with E-state index in [1.165, 1.54) is 17.7 Å². The summed E-state index contributed by atoms with van der Waals surface area (Å²) in [5, 5.41) is 0. The Morgan fingerprint density at radius 2 is 1.57 bits per heavy atom. The Morgan fingerprint density at radius 1 is 0.914 bits per heavy atom. The molecule has 0 N–H and O–H groups in total. The number of halogens is 3. The molecule has 1 aliphatic heterocycles. The van der Waals surface area contributed by atoms with Crippen LogP contribution in [0.4, 0.5) is 13.2 Å². The summed E-state index contributed by atoms with van der Waals surface area (Å²) in [6, 6.07) is 13.0. The largest absolute Gasteiger partial charge is 0.432 e. The Bertz CT molecular complexity index is 956. The third-order valence-corrected chi connectivity index (χ3v) is 6.89. The lowest BCUT2D eigenvalue weighted by molar-refractivity contribution is -0.223. The van der Waals surface area contributed by atoms with E-state index in [1.807, 2.05) is 18.2 Å². The van der Waals surface area contributed by atoms with Crippen LogP contribution >= 0.6 is 0 Å². The fourth-order valence-electron chi connectivity index (χ4n) is 4.64. The van der Waals surface area contributed by atoms with Gasteiger partial charge in [0.05, 0.1) is 19.1 Å². The smallest absolute Gasteiger partial charge is 0.400 e. The third kappa shape index (κ3) is 7.21. The van der Waals surface area contributed by atoms with Crippen LogP contribution in [0.1, 0.15) is 49.5 Å². The minimum atomic E-state index is -3.24. The molecule has 0 spiro atoms. The van der Waals surface area contributed by atoms with E-state index in [4.69, 9.17) is 14.2 Å². The molecule has 1 saturated carbocycles. The molecule has 0 amide bonds. The highest BCUT2D eigenvalue weighted by atomic mass is 19.3. The van der Waals surface area contributed by atoms with Crippen LogP contribution in [0.25, 0.3) is 0 Å². The van der Waals surface area contributed by atoms with E-state index in [1.54, 1.807) is 0 Å². The minimum Gasteiger partial charge on any atom is -0.432 e. The van der Waals surface area contributed by atoms with Crippen LogP contribution in [-0.2, 0) is 15.9 Å². The Labute approximate surface area is 205 Å². The zero-order valence-electron chi connectivity index (χ0n) is 19.9. The van der Waals surface area contributed by atoms with E-state index in [0.717, 1.165) is 43.4 Å². The zero-order valence-corrected chi connectivity index (χ0v) is 19.9. The highest BCUT2D eigenvalue weighted by Gasteiger charge is 2.43. The lowest BCUT2D eigenvalue weighted by atomic mass is 9.80. The van der Waals surface area contributed by atoms with Gasteiger partial charge in [-0.3, -0.25) is 0 Å². The summed E-state index contributed by atoms with van der Waals surface area (Å²) in [5.41, 5.74) is 2.21. The van der Waals surface area contributed by atoms with Gasteiger partial charge in [0.25, 0.3) is 0 Å². The topological polar surface area (TPSA) is 27.7 Å². The van der Waals surface area contributed by atoms with Gasteiger partial charge in [0.2, 0.25) is 0 Å². The van der Waals surface area contributed by atoms with Crippen molar-refractivity contribution in [3.8, 4) is 5.75 Å². The molecule has 2 aliphatic rings. The predicted molar refractivity (Wildman–Crippen MR) is 130 cm³/mol. The first-order valence-electron chi connectivity index (χ1n) is 12.3. The molecule has 0 bridgehead atoms. The van der Waals surface area contributed by atoms with Gasteiger partial charge in [-0.25, -0.2) is 4.39 Å². The number of allylic oxidation sites excluding steroid dienone is 2. The number of rotatable bonds is 9. The summed E-state index contributed by atoms with van der Waals surface area (Å²) in [4.78, 5) is 0. The van der Waals surface area contributed by atoms with Crippen molar-refractivity contribution in [2.45, 2.75) is 50.9 Å². The summed E-state index contributed by atoms with van der Waals surface area (Å²) < 4.78 is 58.5. The zero-order chi connectivity index (χ0) is 24.7. The highest BCUT2D eigenvalue weighted by Crippen LogP contribution is 2.41. The molecule has 1 saturated heterocycles. The average Bonchev–Trinajstić information content (AvgIpc) is 2.88. The normalized spacial score (nSPS) is 25.5. The Kier molecular flexibility index (Phi) is 8.69. The molecule has 35 heavy (non-hydrogen) atoms. The summed E-state index contributed by atoms with van der Waals surface area (Å²) in [5.74, 6) is -0.638. The summed E-state index contributed by atoms with van der Waals surface area (Å²) >= 11 is 0. The molecule has 0 radical (unpaired) electrons. The van der Waals surface area contributed by atoms with Crippen molar-refractivity contribution >= 4 is 0 Å². The van der Waals surface area contributed by atoms with Crippen LogP contribution in [0.2, 0.25) is 0 Å². The maximum absolute atomic E-state index is 14.5. The molecule has 1 heterocycles. The molecule has 1 aliphatic carbocycles. The van der Waals surface area contributed by atoms with Crippen LogP contribution in [0, 0.1) is 23.6 Å². The molecule has 3 nitrogen and oxygen atoms in total. The summed E-state index contributed by atoms with van der Waals surface area (Å²) in [7, 11) is 0. The lowest BCUT2D eigenvalue weighted by Crippen LogP contribution is -2.37. The van der Waals surface area contributed by atoms with Gasteiger partial charge in [0.15, 0.2) is 6.29 Å². The van der Waals surface area contributed by atoms with Gasteiger partial charge in [-0.05, 0) is 74.3 Å². The van der Waals surface area contributed by atoms with Crippen molar-refractivity contribution in [2.24, 2.45) is 17.8 Å². The van der Waals surface area contributed by atoms with Crippen molar-refractivity contribution < 1.29 is 27.4 Å². The van der Waals surface area contributed by atoms with E-state index in [2.05, 4.69) is 30.9 Å². The molecular formula is C29H33F3O3. The fourth-order valence-corrected chi connectivity index (χ4v) is 4.64. The molecule has 188 valence electrons. The fraction of sp³-hybridized carbons (Fsp3) is 0.448. The summed E-state index contributed by atoms with van der Waals surface area (Å²) in [6.07, 6.45) is 6.67. The number of hydrogen-bond acceptors (Lipinski definition) is 3. The number of ether oxygens (including phenoxy) is 3. The van der Waals surface area contributed by atoms with E-state index < -0.39 is 17.8 Å². The van der Waals surface area contributed by atoms with Crippen LogP contribution in [0.5, 0.6) is 5.75 Å². The van der Waals surface area contributed by atoms with Gasteiger partial charge < -0.3 is 14.2 Å². The molecule has 0 atom stereocenters. The molecule has 2 aromatic rings. The Balaban J connectivity index is 1.17. The lowest BCUT2D eigenvalue weighted by Gasteiger charge is -2.33. The second-order valence-electron chi connectivity index (χ2n) is 9.48. The van der Waals surface area contributed by atoms with Crippen molar-refractivity contribution in [1.82, 2.24) is 0 Å². The molecule has 0 unspecified atom stereocenters. The van der Waals surface area contributed by atoms with Gasteiger partial charge in [-0.2, -0.15) is 8.78 Å². The summed E-state index contributed by atoms with van der Waals surface area (Å²) in [6.45, 7) is 5.03. The third-order valence-electron chi connectivity index (χ3n) is 6.89. The molecule has 4 rings (SSSR count).